The van der Waals surface area contributed by atoms with Gasteiger partial charge in [0.15, 0.2) is 5.13 Å². The second kappa shape index (κ2) is 13.9. The van der Waals surface area contributed by atoms with Crippen molar-refractivity contribution in [1.29, 1.82) is 0 Å². The summed E-state index contributed by atoms with van der Waals surface area (Å²) in [5, 5.41) is 5.22. The molecule has 1 aromatic carbocycles. The molecule has 0 radical (unpaired) electrons. The normalized spacial score (nSPS) is 10.8. The van der Waals surface area contributed by atoms with Gasteiger partial charge in [0.2, 0.25) is 5.91 Å². The fraction of sp³-hybridized carbons (Fsp3) is 0.542. The summed E-state index contributed by atoms with van der Waals surface area (Å²) in [5.74, 6) is -0.383. The standard InChI is InChI=1S/C24H35N3O3S/c1-4-6-7-8-10-20-11-13-21(14-12-20)23(29)27(15-9-16-30-5-2)17-22(28)26-24-25-19(3)18-31-24/h11-14,18H,4-10,15-17H2,1-3H3,(H,25,26,28). The minimum absolute atomic E-state index is 0.0116. The molecule has 0 saturated carbocycles. The zero-order valence-corrected chi connectivity index (χ0v) is 19.8. The molecule has 0 spiro atoms. The number of hydrogen-bond acceptors (Lipinski definition) is 5. The molecule has 1 N–H and O–H groups in total. The van der Waals surface area contributed by atoms with Gasteiger partial charge >= 0.3 is 0 Å². The van der Waals surface area contributed by atoms with Crippen LogP contribution in [0.15, 0.2) is 29.6 Å². The fourth-order valence-corrected chi connectivity index (χ4v) is 3.95. The van der Waals surface area contributed by atoms with Gasteiger partial charge in [-0.25, -0.2) is 4.98 Å². The Balaban J connectivity index is 1.98. The Hall–Kier alpha value is -2.25. The zero-order chi connectivity index (χ0) is 22.5. The van der Waals surface area contributed by atoms with Crippen molar-refractivity contribution in [3.8, 4) is 0 Å². The third kappa shape index (κ3) is 9.19. The maximum absolute atomic E-state index is 13.1. The number of unbranched alkanes of at least 4 members (excludes halogenated alkanes) is 3. The van der Waals surface area contributed by atoms with Crippen molar-refractivity contribution in [3.05, 3.63) is 46.5 Å². The van der Waals surface area contributed by atoms with Gasteiger partial charge in [0, 0.05) is 30.7 Å². The highest BCUT2D eigenvalue weighted by molar-refractivity contribution is 7.13. The number of carbonyl (C=O) groups excluding carboxylic acids is 2. The lowest BCUT2D eigenvalue weighted by Crippen LogP contribution is -2.39. The molecule has 0 unspecified atom stereocenters. The number of aromatic nitrogens is 1. The second-order valence-electron chi connectivity index (χ2n) is 7.63. The molecule has 0 fully saturated rings. The van der Waals surface area contributed by atoms with E-state index in [1.165, 1.54) is 42.6 Å². The SMILES string of the molecule is CCCCCCc1ccc(C(=O)N(CCCOCC)CC(=O)Nc2nc(C)cs2)cc1. The largest absolute Gasteiger partial charge is 0.382 e. The van der Waals surface area contributed by atoms with Crippen LogP contribution >= 0.6 is 11.3 Å². The van der Waals surface area contributed by atoms with Crippen LogP contribution in [0.2, 0.25) is 0 Å². The van der Waals surface area contributed by atoms with Gasteiger partial charge in [0.05, 0.1) is 5.69 Å². The first-order valence-corrected chi connectivity index (χ1v) is 12.1. The van der Waals surface area contributed by atoms with Gasteiger partial charge in [-0.05, 0) is 50.8 Å². The number of aryl methyl sites for hydroxylation is 2. The van der Waals surface area contributed by atoms with Crippen LogP contribution in [0.1, 0.15) is 67.6 Å². The Labute approximate surface area is 190 Å². The van der Waals surface area contributed by atoms with Crippen LogP contribution in [0.4, 0.5) is 5.13 Å². The molecule has 2 rings (SSSR count). The van der Waals surface area contributed by atoms with Crippen molar-refractivity contribution in [2.45, 2.75) is 59.3 Å². The first kappa shape index (κ1) is 25.0. The van der Waals surface area contributed by atoms with E-state index in [0.717, 1.165) is 12.1 Å². The lowest BCUT2D eigenvalue weighted by molar-refractivity contribution is -0.116. The minimum atomic E-state index is -0.244. The molecule has 0 aliphatic carbocycles. The number of ether oxygens (including phenoxy) is 1. The summed E-state index contributed by atoms with van der Waals surface area (Å²) in [6.07, 6.45) is 6.60. The molecule has 7 heteroatoms. The maximum atomic E-state index is 13.1. The van der Waals surface area contributed by atoms with E-state index in [1.807, 2.05) is 43.5 Å². The van der Waals surface area contributed by atoms with E-state index in [-0.39, 0.29) is 18.4 Å². The minimum Gasteiger partial charge on any atom is -0.382 e. The number of nitrogens with zero attached hydrogens (tertiary/aromatic N) is 2. The number of anilines is 1. The first-order valence-electron chi connectivity index (χ1n) is 11.2. The maximum Gasteiger partial charge on any atom is 0.254 e. The third-order valence-electron chi connectivity index (χ3n) is 4.93. The number of hydrogen-bond donors (Lipinski definition) is 1. The first-order chi connectivity index (χ1) is 15.0. The number of thiazole rings is 1. The summed E-state index contributed by atoms with van der Waals surface area (Å²) in [6.45, 7) is 7.67. The summed E-state index contributed by atoms with van der Waals surface area (Å²) >= 11 is 1.38. The lowest BCUT2D eigenvalue weighted by Gasteiger charge is -2.22. The molecule has 0 aliphatic rings. The lowest BCUT2D eigenvalue weighted by atomic mass is 10.0. The van der Waals surface area contributed by atoms with Gasteiger partial charge in [0.1, 0.15) is 6.54 Å². The van der Waals surface area contributed by atoms with Gasteiger partial charge in [-0.15, -0.1) is 11.3 Å². The summed E-state index contributed by atoms with van der Waals surface area (Å²) in [4.78, 5) is 31.5. The highest BCUT2D eigenvalue weighted by Gasteiger charge is 2.19. The van der Waals surface area contributed by atoms with Gasteiger partial charge in [-0.1, -0.05) is 38.3 Å². The zero-order valence-electron chi connectivity index (χ0n) is 19.0. The molecular formula is C24H35N3O3S. The Morgan fingerprint density at radius 1 is 1.10 bits per heavy atom. The summed E-state index contributed by atoms with van der Waals surface area (Å²) in [6, 6.07) is 7.79. The van der Waals surface area contributed by atoms with E-state index in [9.17, 15) is 9.59 Å². The molecule has 0 atom stereocenters. The molecule has 31 heavy (non-hydrogen) atoms. The third-order valence-corrected chi connectivity index (χ3v) is 5.80. The van der Waals surface area contributed by atoms with Crippen molar-refractivity contribution in [2.24, 2.45) is 0 Å². The average Bonchev–Trinajstić information content (AvgIpc) is 3.17. The van der Waals surface area contributed by atoms with Gasteiger partial charge in [-0.3, -0.25) is 9.59 Å². The smallest absolute Gasteiger partial charge is 0.254 e. The fourth-order valence-electron chi connectivity index (χ4n) is 3.25. The van der Waals surface area contributed by atoms with E-state index in [1.54, 1.807) is 4.90 Å². The van der Waals surface area contributed by atoms with Crippen molar-refractivity contribution in [1.82, 2.24) is 9.88 Å². The second-order valence-corrected chi connectivity index (χ2v) is 8.49. The molecule has 2 aromatic rings. The quantitative estimate of drug-likeness (QED) is 0.412. The number of nitrogens with one attached hydrogen (secondary N) is 1. The number of benzene rings is 1. The van der Waals surface area contributed by atoms with E-state index >= 15 is 0 Å². The van der Waals surface area contributed by atoms with Crippen LogP contribution in [-0.4, -0.2) is 48.0 Å². The summed E-state index contributed by atoms with van der Waals surface area (Å²) in [7, 11) is 0. The number of amides is 2. The Bertz CT molecular complexity index is 805. The number of rotatable bonds is 14. The van der Waals surface area contributed by atoms with Gasteiger partial charge in [-0.2, -0.15) is 0 Å². The van der Waals surface area contributed by atoms with Crippen LogP contribution < -0.4 is 5.32 Å². The van der Waals surface area contributed by atoms with Crippen LogP contribution in [-0.2, 0) is 16.0 Å². The van der Waals surface area contributed by atoms with Crippen LogP contribution in [0.5, 0.6) is 0 Å². The molecular weight excluding hydrogens is 410 g/mol. The highest BCUT2D eigenvalue weighted by atomic mass is 32.1. The average molecular weight is 446 g/mol. The van der Waals surface area contributed by atoms with Crippen LogP contribution in [0.25, 0.3) is 0 Å². The molecule has 2 amide bonds. The molecule has 0 bridgehead atoms. The van der Waals surface area contributed by atoms with Crippen molar-refractivity contribution >= 4 is 28.3 Å². The molecule has 6 nitrogen and oxygen atoms in total. The van der Waals surface area contributed by atoms with Crippen LogP contribution in [0, 0.1) is 6.92 Å². The predicted octanol–water partition coefficient (Wildman–Crippen LogP) is 5.08. The number of carbonyl (C=O) groups is 2. The monoisotopic (exact) mass is 445 g/mol. The topological polar surface area (TPSA) is 71.5 Å². The Kier molecular flexibility index (Phi) is 11.2. The van der Waals surface area contributed by atoms with Gasteiger partial charge < -0.3 is 15.0 Å². The molecule has 1 aromatic heterocycles. The van der Waals surface area contributed by atoms with E-state index in [2.05, 4.69) is 17.2 Å². The molecule has 0 saturated heterocycles. The Morgan fingerprint density at radius 3 is 2.52 bits per heavy atom. The summed E-state index contributed by atoms with van der Waals surface area (Å²) in [5.41, 5.74) is 2.71. The molecule has 1 heterocycles. The molecule has 0 aliphatic heterocycles. The van der Waals surface area contributed by atoms with E-state index < -0.39 is 0 Å². The van der Waals surface area contributed by atoms with E-state index in [4.69, 9.17) is 4.74 Å². The predicted molar refractivity (Wildman–Crippen MR) is 127 cm³/mol. The van der Waals surface area contributed by atoms with Crippen molar-refractivity contribution < 1.29 is 14.3 Å². The van der Waals surface area contributed by atoms with E-state index in [0.29, 0.717) is 36.9 Å². The molecule has 170 valence electrons. The van der Waals surface area contributed by atoms with Crippen molar-refractivity contribution in [2.75, 3.05) is 31.6 Å². The van der Waals surface area contributed by atoms with Crippen molar-refractivity contribution in [3.63, 3.8) is 0 Å². The highest BCUT2D eigenvalue weighted by Crippen LogP contribution is 2.15. The Morgan fingerprint density at radius 2 is 1.87 bits per heavy atom. The van der Waals surface area contributed by atoms with Crippen LogP contribution in [0.3, 0.4) is 0 Å². The summed E-state index contributed by atoms with van der Waals surface area (Å²) < 4.78 is 5.40. The van der Waals surface area contributed by atoms with Gasteiger partial charge in [0.25, 0.3) is 5.91 Å².